The molecule has 2 aliphatic rings. The third-order valence-corrected chi connectivity index (χ3v) is 5.05. The van der Waals surface area contributed by atoms with Crippen molar-refractivity contribution in [1.29, 1.82) is 0 Å². The Kier molecular flexibility index (Phi) is 3.18. The van der Waals surface area contributed by atoms with E-state index in [0.717, 1.165) is 0 Å². The van der Waals surface area contributed by atoms with Gasteiger partial charge in [0.15, 0.2) is 0 Å². The van der Waals surface area contributed by atoms with Gasteiger partial charge in [-0.05, 0) is 54.0 Å². The summed E-state index contributed by atoms with van der Waals surface area (Å²) in [6.07, 6.45) is 7.28. The van der Waals surface area contributed by atoms with Crippen LogP contribution in [0.4, 0.5) is 0 Å². The normalized spacial score (nSPS) is 34.3. The van der Waals surface area contributed by atoms with Crippen molar-refractivity contribution in [3.05, 3.63) is 11.6 Å². The van der Waals surface area contributed by atoms with E-state index >= 15 is 0 Å². The van der Waals surface area contributed by atoms with E-state index in [-0.39, 0.29) is 16.6 Å². The quantitative estimate of drug-likeness (QED) is 0.522. The van der Waals surface area contributed by atoms with Gasteiger partial charge in [0.2, 0.25) is 5.24 Å². The van der Waals surface area contributed by atoms with E-state index in [1.54, 1.807) is 5.57 Å². The lowest BCUT2D eigenvalue weighted by molar-refractivity contribution is -0.113. The van der Waals surface area contributed by atoms with E-state index in [4.69, 9.17) is 11.6 Å². The van der Waals surface area contributed by atoms with Crippen molar-refractivity contribution in [2.75, 3.05) is 0 Å². The average molecular weight is 255 g/mol. The number of carbonyl (C=O) groups is 1. The fraction of sp³-hybridized carbons (Fsp3) is 0.800. The fourth-order valence-electron chi connectivity index (χ4n) is 3.09. The lowest BCUT2D eigenvalue weighted by Crippen LogP contribution is -2.16. The fourth-order valence-corrected chi connectivity index (χ4v) is 3.51. The van der Waals surface area contributed by atoms with Crippen LogP contribution in [0.15, 0.2) is 11.6 Å². The SMILES string of the molecule is CC1(C)CCC(=CC2C(C(=O)Cl)C2(C)C)CC1. The molecule has 0 amide bonds. The van der Waals surface area contributed by atoms with Crippen LogP contribution in [0.25, 0.3) is 0 Å². The molecule has 0 bridgehead atoms. The second-order valence-corrected chi connectivity index (χ2v) is 7.49. The molecule has 0 aromatic rings. The number of allylic oxidation sites excluding steroid dienone is 2. The van der Waals surface area contributed by atoms with E-state index in [2.05, 4.69) is 33.8 Å². The molecule has 96 valence electrons. The molecule has 0 radical (unpaired) electrons. The summed E-state index contributed by atoms with van der Waals surface area (Å²) in [7, 11) is 0. The molecule has 17 heavy (non-hydrogen) atoms. The molecule has 0 saturated heterocycles. The average Bonchev–Trinajstić information content (AvgIpc) is 2.72. The molecule has 2 heteroatoms. The molecule has 2 aliphatic carbocycles. The molecule has 2 fully saturated rings. The number of rotatable bonds is 2. The summed E-state index contributed by atoms with van der Waals surface area (Å²) in [5.74, 6) is 0.426. The van der Waals surface area contributed by atoms with Crippen LogP contribution in [-0.4, -0.2) is 5.24 Å². The second-order valence-electron chi connectivity index (χ2n) is 7.12. The molecular weight excluding hydrogens is 232 g/mol. The standard InChI is InChI=1S/C15H23ClO/c1-14(2)7-5-10(6-8-14)9-11-12(13(16)17)15(11,3)4/h9,11-12H,5-8H2,1-4H3. The first kappa shape index (κ1) is 13.1. The minimum atomic E-state index is -0.159. The third kappa shape index (κ3) is 2.59. The molecule has 0 aromatic carbocycles. The third-order valence-electron chi connectivity index (χ3n) is 4.82. The highest BCUT2D eigenvalue weighted by Gasteiger charge is 2.59. The van der Waals surface area contributed by atoms with Crippen molar-refractivity contribution in [1.82, 2.24) is 0 Å². The van der Waals surface area contributed by atoms with Crippen LogP contribution in [0.1, 0.15) is 53.4 Å². The number of hydrogen-bond acceptors (Lipinski definition) is 1. The first-order chi connectivity index (χ1) is 7.74. The molecule has 2 unspecified atom stereocenters. The van der Waals surface area contributed by atoms with Gasteiger partial charge in [0, 0.05) is 5.92 Å². The van der Waals surface area contributed by atoms with Gasteiger partial charge in [-0.2, -0.15) is 0 Å². The van der Waals surface area contributed by atoms with Crippen molar-refractivity contribution in [3.8, 4) is 0 Å². The predicted molar refractivity (Wildman–Crippen MR) is 72.0 cm³/mol. The summed E-state index contributed by atoms with van der Waals surface area (Å²) in [6.45, 7) is 8.98. The summed E-state index contributed by atoms with van der Waals surface area (Å²) < 4.78 is 0. The lowest BCUT2D eigenvalue weighted by atomic mass is 9.75. The molecular formula is C15H23ClO. The van der Waals surface area contributed by atoms with Gasteiger partial charge in [-0.25, -0.2) is 0 Å². The molecule has 2 atom stereocenters. The van der Waals surface area contributed by atoms with E-state index in [1.165, 1.54) is 25.7 Å². The zero-order valence-corrected chi connectivity index (χ0v) is 12.1. The Bertz CT molecular complexity index is 353. The highest BCUT2D eigenvalue weighted by molar-refractivity contribution is 6.64. The van der Waals surface area contributed by atoms with Crippen LogP contribution in [0, 0.1) is 22.7 Å². The maximum Gasteiger partial charge on any atom is 0.225 e. The second kappa shape index (κ2) is 4.12. The number of carbonyl (C=O) groups excluding carboxylic acids is 1. The zero-order valence-electron chi connectivity index (χ0n) is 11.3. The first-order valence-corrected chi connectivity index (χ1v) is 7.01. The highest BCUT2D eigenvalue weighted by Crippen LogP contribution is 2.60. The zero-order chi connectivity index (χ0) is 12.8. The summed E-state index contributed by atoms with van der Waals surface area (Å²) in [6, 6.07) is 0. The molecule has 0 heterocycles. The Morgan fingerprint density at radius 3 is 2.18 bits per heavy atom. The van der Waals surface area contributed by atoms with Crippen LogP contribution < -0.4 is 0 Å². The predicted octanol–water partition coefficient (Wildman–Crippen LogP) is 4.55. The van der Waals surface area contributed by atoms with Crippen molar-refractivity contribution < 1.29 is 4.79 Å². The van der Waals surface area contributed by atoms with Gasteiger partial charge in [-0.15, -0.1) is 0 Å². The monoisotopic (exact) mass is 254 g/mol. The Hall–Kier alpha value is -0.300. The molecule has 0 aliphatic heterocycles. The van der Waals surface area contributed by atoms with Crippen molar-refractivity contribution in [3.63, 3.8) is 0 Å². The minimum absolute atomic E-state index is 0.0478. The summed E-state index contributed by atoms with van der Waals surface area (Å²) in [5, 5.41) is -0.159. The molecule has 2 saturated carbocycles. The van der Waals surface area contributed by atoms with E-state index in [9.17, 15) is 4.79 Å². The molecule has 0 aromatic heterocycles. The van der Waals surface area contributed by atoms with Gasteiger partial charge in [0.05, 0.1) is 0 Å². The van der Waals surface area contributed by atoms with E-state index in [1.807, 2.05) is 0 Å². The molecule has 2 rings (SSSR count). The lowest BCUT2D eigenvalue weighted by Gasteiger charge is -2.30. The summed E-state index contributed by atoms with van der Waals surface area (Å²) >= 11 is 5.65. The first-order valence-electron chi connectivity index (χ1n) is 6.63. The topological polar surface area (TPSA) is 17.1 Å². The van der Waals surface area contributed by atoms with Gasteiger partial charge < -0.3 is 0 Å². The Morgan fingerprint density at radius 2 is 1.76 bits per heavy atom. The maximum absolute atomic E-state index is 11.3. The van der Waals surface area contributed by atoms with Crippen molar-refractivity contribution in [2.45, 2.75) is 53.4 Å². The smallest absolute Gasteiger partial charge is 0.225 e. The van der Waals surface area contributed by atoms with Crippen molar-refractivity contribution >= 4 is 16.8 Å². The largest absolute Gasteiger partial charge is 0.281 e. The Balaban J connectivity index is 2.01. The van der Waals surface area contributed by atoms with E-state index in [0.29, 0.717) is 11.3 Å². The van der Waals surface area contributed by atoms with Crippen LogP contribution in [0.2, 0.25) is 0 Å². The summed E-state index contributed by atoms with van der Waals surface area (Å²) in [4.78, 5) is 11.3. The van der Waals surface area contributed by atoms with Crippen molar-refractivity contribution in [2.24, 2.45) is 22.7 Å². The number of halogens is 1. The Morgan fingerprint density at radius 1 is 1.24 bits per heavy atom. The van der Waals surface area contributed by atoms with Gasteiger partial charge in [-0.3, -0.25) is 4.79 Å². The minimum Gasteiger partial charge on any atom is -0.281 e. The van der Waals surface area contributed by atoms with Crippen LogP contribution >= 0.6 is 11.6 Å². The van der Waals surface area contributed by atoms with Gasteiger partial charge in [-0.1, -0.05) is 39.3 Å². The van der Waals surface area contributed by atoms with Crippen LogP contribution in [0.3, 0.4) is 0 Å². The molecule has 0 N–H and O–H groups in total. The molecule has 1 nitrogen and oxygen atoms in total. The molecule has 0 spiro atoms. The number of hydrogen-bond donors (Lipinski definition) is 0. The maximum atomic E-state index is 11.3. The van der Waals surface area contributed by atoms with Gasteiger partial charge in [0.25, 0.3) is 0 Å². The van der Waals surface area contributed by atoms with Gasteiger partial charge >= 0.3 is 0 Å². The van der Waals surface area contributed by atoms with Crippen LogP contribution in [-0.2, 0) is 4.79 Å². The highest BCUT2D eigenvalue weighted by atomic mass is 35.5. The Labute approximate surface area is 110 Å². The van der Waals surface area contributed by atoms with E-state index < -0.39 is 0 Å². The summed E-state index contributed by atoms with van der Waals surface area (Å²) in [5.41, 5.74) is 2.12. The van der Waals surface area contributed by atoms with Gasteiger partial charge in [0.1, 0.15) is 0 Å². The van der Waals surface area contributed by atoms with Crippen LogP contribution in [0.5, 0.6) is 0 Å².